The number of rotatable bonds is 2. The quantitative estimate of drug-likeness (QED) is 0.624. The van der Waals surface area contributed by atoms with Gasteiger partial charge in [-0.25, -0.2) is 14.0 Å². The lowest BCUT2D eigenvalue weighted by Crippen LogP contribution is -2.43. The van der Waals surface area contributed by atoms with Crippen LogP contribution in [0.5, 0.6) is 0 Å². The number of carbonyl (C=O) groups excluding carboxylic acids is 2. The van der Waals surface area contributed by atoms with Gasteiger partial charge in [-0.2, -0.15) is 15.1 Å². The summed E-state index contributed by atoms with van der Waals surface area (Å²) in [6, 6.07) is 5.28. The van der Waals surface area contributed by atoms with Crippen LogP contribution in [0.2, 0.25) is 5.02 Å². The number of ether oxygens (including phenoxy) is 2. The lowest BCUT2D eigenvalue weighted by molar-refractivity contribution is 0.0430. The molecule has 0 aliphatic carbocycles. The minimum absolute atomic E-state index is 0.0119. The van der Waals surface area contributed by atoms with E-state index in [2.05, 4.69) is 10.2 Å². The van der Waals surface area contributed by atoms with Gasteiger partial charge >= 0.3 is 12.2 Å². The Morgan fingerprint density at radius 3 is 2.07 bits per heavy atom. The van der Waals surface area contributed by atoms with Gasteiger partial charge in [-0.15, -0.1) is 0 Å². The van der Waals surface area contributed by atoms with Crippen LogP contribution in [-0.2, 0) is 9.47 Å². The molecular weight excluding hydrogens is 401 g/mol. The number of amides is 2. The van der Waals surface area contributed by atoms with Gasteiger partial charge < -0.3 is 9.47 Å². The van der Waals surface area contributed by atoms with Crippen molar-refractivity contribution in [3.8, 4) is 11.3 Å². The Labute approximate surface area is 173 Å². The van der Waals surface area contributed by atoms with Crippen LogP contribution < -0.4 is 4.90 Å². The fraction of sp³-hybridized carbons (Fsp3) is 0.400. The van der Waals surface area contributed by atoms with Crippen LogP contribution in [0, 0.1) is 5.82 Å². The molecule has 0 aliphatic rings. The number of halogens is 2. The summed E-state index contributed by atoms with van der Waals surface area (Å²) in [5.41, 5.74) is -1.56. The highest BCUT2D eigenvalue weighted by Gasteiger charge is 2.33. The fourth-order valence-electron chi connectivity index (χ4n) is 2.20. The summed E-state index contributed by atoms with van der Waals surface area (Å²) < 4.78 is 24.9. The van der Waals surface area contributed by atoms with E-state index in [1.165, 1.54) is 30.5 Å². The Morgan fingerprint density at radius 2 is 1.55 bits per heavy atom. The maximum atomic E-state index is 14.2. The summed E-state index contributed by atoms with van der Waals surface area (Å²) in [5.74, 6) is -0.582. The van der Waals surface area contributed by atoms with E-state index in [9.17, 15) is 14.0 Å². The summed E-state index contributed by atoms with van der Waals surface area (Å²) in [4.78, 5) is 26.1. The monoisotopic (exact) mass is 423 g/mol. The second-order valence-electron chi connectivity index (χ2n) is 8.22. The zero-order chi connectivity index (χ0) is 22.0. The molecule has 0 saturated heterocycles. The largest absolute Gasteiger partial charge is 0.443 e. The number of carbonyl (C=O) groups is 2. The molecule has 0 unspecified atom stereocenters. The van der Waals surface area contributed by atoms with Gasteiger partial charge in [0.2, 0.25) is 0 Å². The smallest absolute Gasteiger partial charge is 0.424 e. The van der Waals surface area contributed by atoms with Crippen molar-refractivity contribution >= 4 is 29.5 Å². The van der Waals surface area contributed by atoms with Crippen LogP contribution in [0.15, 0.2) is 30.5 Å². The van der Waals surface area contributed by atoms with Crippen LogP contribution in [0.1, 0.15) is 41.5 Å². The average molecular weight is 424 g/mol. The van der Waals surface area contributed by atoms with E-state index in [-0.39, 0.29) is 16.9 Å². The first-order valence-electron chi connectivity index (χ1n) is 8.81. The minimum atomic E-state index is -0.961. The number of anilines is 1. The number of aromatic nitrogens is 2. The Balaban J connectivity index is 2.51. The Hall–Kier alpha value is -2.74. The lowest BCUT2D eigenvalue weighted by Gasteiger charge is -2.28. The zero-order valence-corrected chi connectivity index (χ0v) is 17.9. The molecule has 0 bridgehead atoms. The first-order valence-corrected chi connectivity index (χ1v) is 9.19. The van der Waals surface area contributed by atoms with Crippen molar-refractivity contribution in [2.75, 3.05) is 4.90 Å². The van der Waals surface area contributed by atoms with E-state index in [1.54, 1.807) is 41.5 Å². The summed E-state index contributed by atoms with van der Waals surface area (Å²) in [6.45, 7) is 9.97. The van der Waals surface area contributed by atoms with Crippen LogP contribution in [-0.4, -0.2) is 33.6 Å². The van der Waals surface area contributed by atoms with Crippen molar-refractivity contribution in [3.05, 3.63) is 41.3 Å². The molecule has 9 heteroatoms. The molecule has 2 rings (SSSR count). The van der Waals surface area contributed by atoms with E-state index >= 15 is 0 Å². The zero-order valence-electron chi connectivity index (χ0n) is 17.1. The van der Waals surface area contributed by atoms with Gasteiger partial charge in [-0.1, -0.05) is 11.6 Å². The number of hydrogen-bond acceptors (Lipinski definition) is 6. The predicted molar refractivity (Wildman–Crippen MR) is 107 cm³/mol. The van der Waals surface area contributed by atoms with Crippen molar-refractivity contribution in [1.29, 1.82) is 0 Å². The van der Waals surface area contributed by atoms with Gasteiger partial charge in [-0.05, 0) is 65.8 Å². The van der Waals surface area contributed by atoms with E-state index in [1.807, 2.05) is 0 Å². The third-order valence-corrected chi connectivity index (χ3v) is 3.49. The summed E-state index contributed by atoms with van der Waals surface area (Å²) in [7, 11) is 0. The highest BCUT2D eigenvalue weighted by molar-refractivity contribution is 6.30. The Kier molecular flexibility index (Phi) is 6.47. The number of imide groups is 1. The van der Waals surface area contributed by atoms with Crippen molar-refractivity contribution in [2.45, 2.75) is 52.7 Å². The average Bonchev–Trinajstić information content (AvgIpc) is 2.54. The number of hydrogen-bond donors (Lipinski definition) is 0. The third-order valence-electron chi connectivity index (χ3n) is 3.25. The molecule has 1 heterocycles. The minimum Gasteiger partial charge on any atom is -0.443 e. The summed E-state index contributed by atoms with van der Waals surface area (Å²) >= 11 is 5.94. The molecule has 7 nitrogen and oxygen atoms in total. The van der Waals surface area contributed by atoms with Gasteiger partial charge in [0, 0.05) is 10.6 Å². The fourth-order valence-corrected chi connectivity index (χ4v) is 2.38. The summed E-state index contributed by atoms with van der Waals surface area (Å²) in [6.07, 6.45) is -0.741. The second kappa shape index (κ2) is 8.32. The first-order chi connectivity index (χ1) is 13.3. The Bertz CT molecular complexity index is 895. The van der Waals surface area contributed by atoms with Crippen molar-refractivity contribution < 1.29 is 23.5 Å². The molecule has 2 amide bonds. The first kappa shape index (κ1) is 22.5. The predicted octanol–water partition coefficient (Wildman–Crippen LogP) is 5.61. The van der Waals surface area contributed by atoms with Crippen LogP contribution in [0.25, 0.3) is 11.3 Å². The molecule has 1 aromatic heterocycles. The molecule has 1 aromatic carbocycles. The molecule has 0 N–H and O–H groups in total. The van der Waals surface area contributed by atoms with Gasteiger partial charge in [0.25, 0.3) is 0 Å². The molecule has 0 aliphatic heterocycles. The topological polar surface area (TPSA) is 81.6 Å². The summed E-state index contributed by atoms with van der Waals surface area (Å²) in [5, 5.41) is 7.97. The molecule has 29 heavy (non-hydrogen) atoms. The van der Waals surface area contributed by atoms with Gasteiger partial charge in [0.05, 0.1) is 17.6 Å². The van der Waals surface area contributed by atoms with E-state index in [0.717, 1.165) is 0 Å². The molecule has 0 atom stereocenters. The normalized spacial score (nSPS) is 11.7. The van der Waals surface area contributed by atoms with E-state index in [0.29, 0.717) is 9.92 Å². The molecule has 0 spiro atoms. The van der Waals surface area contributed by atoms with Crippen LogP contribution in [0.4, 0.5) is 19.7 Å². The molecule has 2 aromatic rings. The second-order valence-corrected chi connectivity index (χ2v) is 8.66. The third kappa shape index (κ3) is 6.39. The number of benzene rings is 1. The maximum absolute atomic E-state index is 14.2. The Morgan fingerprint density at radius 1 is 1.00 bits per heavy atom. The molecule has 0 saturated carbocycles. The highest BCUT2D eigenvalue weighted by atomic mass is 35.5. The van der Waals surface area contributed by atoms with Crippen LogP contribution >= 0.6 is 11.6 Å². The van der Waals surface area contributed by atoms with Crippen molar-refractivity contribution in [3.63, 3.8) is 0 Å². The standard InChI is InChI=1S/C20H23ClFN3O4/c1-19(2,3)28-17(26)25(18(27)29-20(4,5)6)13-10-16(24-23-11-13)14-9-12(21)7-8-15(14)22/h7-11H,1-6H3. The van der Waals surface area contributed by atoms with Gasteiger partial charge in [0.15, 0.2) is 0 Å². The van der Waals surface area contributed by atoms with Crippen LogP contribution in [0.3, 0.4) is 0 Å². The number of nitrogens with zero attached hydrogens (tertiary/aromatic N) is 3. The van der Waals surface area contributed by atoms with Crippen molar-refractivity contribution in [2.24, 2.45) is 0 Å². The van der Waals surface area contributed by atoms with Gasteiger partial charge in [0.1, 0.15) is 17.0 Å². The van der Waals surface area contributed by atoms with Gasteiger partial charge in [-0.3, -0.25) is 0 Å². The highest BCUT2D eigenvalue weighted by Crippen LogP contribution is 2.28. The molecule has 0 radical (unpaired) electrons. The lowest BCUT2D eigenvalue weighted by atomic mass is 10.1. The van der Waals surface area contributed by atoms with Crippen molar-refractivity contribution in [1.82, 2.24) is 10.2 Å². The van der Waals surface area contributed by atoms with E-state index < -0.39 is 29.2 Å². The maximum Gasteiger partial charge on any atom is 0.424 e. The molecule has 0 fully saturated rings. The molecular formula is C20H23ClFN3O4. The molecule has 156 valence electrons. The SMILES string of the molecule is CC(C)(C)OC(=O)N(C(=O)OC(C)(C)C)c1cnnc(-c2cc(Cl)ccc2F)c1. The van der Waals surface area contributed by atoms with E-state index in [4.69, 9.17) is 21.1 Å².